The second-order valence-electron chi connectivity index (χ2n) is 4.80. The number of aromatic nitrogens is 1. The summed E-state index contributed by atoms with van der Waals surface area (Å²) in [6.07, 6.45) is 6.73. The smallest absolute Gasteiger partial charge is 0.0760 e. The highest BCUT2D eigenvalue weighted by molar-refractivity contribution is 6.21. The molecule has 0 radical (unpaired) electrons. The number of fused-ring (bicyclic) bond motifs is 2. The Hall–Kier alpha value is -0.270. The van der Waals surface area contributed by atoms with Gasteiger partial charge in [0.1, 0.15) is 0 Å². The average molecular weight is 256 g/mol. The molecule has 0 saturated carbocycles. The van der Waals surface area contributed by atoms with Crippen LogP contribution in [0.1, 0.15) is 59.0 Å². The fourth-order valence-corrected chi connectivity index (χ4v) is 3.48. The molecule has 16 heavy (non-hydrogen) atoms. The molecule has 0 bridgehead atoms. The van der Waals surface area contributed by atoms with Crippen molar-refractivity contribution in [1.29, 1.82) is 0 Å². The van der Waals surface area contributed by atoms with Crippen molar-refractivity contribution in [3.05, 3.63) is 28.6 Å². The summed E-state index contributed by atoms with van der Waals surface area (Å²) in [6, 6.07) is 2.31. The third-order valence-corrected chi connectivity index (χ3v) is 4.50. The van der Waals surface area contributed by atoms with Crippen molar-refractivity contribution in [2.75, 3.05) is 0 Å². The molecular weight excluding hydrogens is 241 g/mol. The van der Waals surface area contributed by atoms with Crippen molar-refractivity contribution < 1.29 is 0 Å². The standard InChI is InChI=1S/C13H15Cl2N/c14-10-5-1-3-8-7-9-4-2-6-11(15)13(9)16-12(8)10/h7,10-11H,1-6H2. The lowest BCUT2D eigenvalue weighted by Gasteiger charge is -2.26. The van der Waals surface area contributed by atoms with E-state index in [9.17, 15) is 0 Å². The summed E-state index contributed by atoms with van der Waals surface area (Å²) in [5, 5.41) is 0.194. The molecule has 1 nitrogen and oxygen atoms in total. The van der Waals surface area contributed by atoms with Gasteiger partial charge in [0.05, 0.1) is 22.1 Å². The monoisotopic (exact) mass is 255 g/mol. The molecule has 0 fully saturated rings. The number of halogens is 2. The van der Waals surface area contributed by atoms with Crippen LogP contribution in [-0.4, -0.2) is 4.98 Å². The summed E-state index contributed by atoms with van der Waals surface area (Å²) in [6.45, 7) is 0. The van der Waals surface area contributed by atoms with Gasteiger partial charge in [0.25, 0.3) is 0 Å². The Morgan fingerprint density at radius 2 is 1.44 bits per heavy atom. The minimum absolute atomic E-state index is 0.0971. The van der Waals surface area contributed by atoms with Gasteiger partial charge in [-0.05, 0) is 49.7 Å². The van der Waals surface area contributed by atoms with E-state index < -0.39 is 0 Å². The molecular formula is C13H15Cl2N. The maximum atomic E-state index is 6.33. The van der Waals surface area contributed by atoms with E-state index in [0.29, 0.717) is 0 Å². The SMILES string of the molecule is ClC1CCCc2cc3c(nc21)C(Cl)CCC3. The van der Waals surface area contributed by atoms with Crippen LogP contribution in [0.2, 0.25) is 0 Å². The maximum absolute atomic E-state index is 6.33. The number of hydrogen-bond acceptors (Lipinski definition) is 1. The molecule has 1 aromatic heterocycles. The molecule has 2 atom stereocenters. The summed E-state index contributed by atoms with van der Waals surface area (Å²) in [5.74, 6) is 0. The van der Waals surface area contributed by atoms with Crippen LogP contribution in [0, 0.1) is 0 Å². The first-order chi connectivity index (χ1) is 7.75. The third-order valence-electron chi connectivity index (χ3n) is 3.65. The fraction of sp³-hybridized carbons (Fsp3) is 0.615. The second-order valence-corrected chi connectivity index (χ2v) is 5.85. The maximum Gasteiger partial charge on any atom is 0.0760 e. The second kappa shape index (κ2) is 4.19. The van der Waals surface area contributed by atoms with E-state index in [4.69, 9.17) is 28.2 Å². The summed E-state index contributed by atoms with van der Waals surface area (Å²) in [7, 11) is 0. The predicted octanol–water partition coefficient (Wildman–Crippen LogP) is 4.31. The van der Waals surface area contributed by atoms with Gasteiger partial charge in [0.2, 0.25) is 0 Å². The molecule has 0 aliphatic heterocycles. The van der Waals surface area contributed by atoms with Gasteiger partial charge in [0, 0.05) is 0 Å². The first kappa shape index (κ1) is 10.9. The van der Waals surface area contributed by atoms with Crippen LogP contribution in [0.25, 0.3) is 0 Å². The van der Waals surface area contributed by atoms with Gasteiger partial charge in [-0.3, -0.25) is 4.98 Å². The quantitative estimate of drug-likeness (QED) is 0.630. The minimum atomic E-state index is 0.0971. The number of pyridine rings is 1. The number of nitrogens with zero attached hydrogens (tertiary/aromatic N) is 1. The van der Waals surface area contributed by atoms with Gasteiger partial charge in [-0.15, -0.1) is 23.2 Å². The molecule has 1 aromatic rings. The Labute approximate surface area is 106 Å². The average Bonchev–Trinajstić information content (AvgIpc) is 2.28. The van der Waals surface area contributed by atoms with Crippen LogP contribution in [-0.2, 0) is 12.8 Å². The van der Waals surface area contributed by atoms with Gasteiger partial charge < -0.3 is 0 Å². The summed E-state index contributed by atoms with van der Waals surface area (Å²) in [4.78, 5) is 4.75. The van der Waals surface area contributed by atoms with Gasteiger partial charge in [0.15, 0.2) is 0 Å². The third kappa shape index (κ3) is 1.74. The molecule has 3 rings (SSSR count). The van der Waals surface area contributed by atoms with E-state index in [1.165, 1.54) is 24.0 Å². The van der Waals surface area contributed by atoms with E-state index in [1.54, 1.807) is 0 Å². The molecule has 2 unspecified atom stereocenters. The largest absolute Gasteiger partial charge is 0.254 e. The molecule has 0 amide bonds. The van der Waals surface area contributed by atoms with Gasteiger partial charge in [-0.25, -0.2) is 0 Å². The first-order valence-corrected chi connectivity index (χ1v) is 6.93. The number of hydrogen-bond donors (Lipinski definition) is 0. The highest BCUT2D eigenvalue weighted by Crippen LogP contribution is 2.39. The first-order valence-electron chi connectivity index (χ1n) is 6.06. The zero-order valence-electron chi connectivity index (χ0n) is 9.18. The normalized spacial score (nSPS) is 28.4. The molecule has 0 saturated heterocycles. The van der Waals surface area contributed by atoms with E-state index in [-0.39, 0.29) is 10.8 Å². The van der Waals surface area contributed by atoms with Crippen molar-refractivity contribution in [3.63, 3.8) is 0 Å². The summed E-state index contributed by atoms with van der Waals surface area (Å²) in [5.41, 5.74) is 4.91. The summed E-state index contributed by atoms with van der Waals surface area (Å²) >= 11 is 12.7. The van der Waals surface area contributed by atoms with Gasteiger partial charge in [-0.2, -0.15) is 0 Å². The topological polar surface area (TPSA) is 12.9 Å². The fourth-order valence-electron chi connectivity index (χ4n) is 2.79. The van der Waals surface area contributed by atoms with Crippen LogP contribution in [0.15, 0.2) is 6.07 Å². The van der Waals surface area contributed by atoms with Gasteiger partial charge >= 0.3 is 0 Å². The highest BCUT2D eigenvalue weighted by atomic mass is 35.5. The number of alkyl halides is 2. The van der Waals surface area contributed by atoms with Crippen LogP contribution in [0.5, 0.6) is 0 Å². The molecule has 86 valence electrons. The Bertz CT molecular complexity index is 381. The van der Waals surface area contributed by atoms with Crippen LogP contribution in [0.4, 0.5) is 0 Å². The Morgan fingerprint density at radius 3 is 1.94 bits per heavy atom. The van der Waals surface area contributed by atoms with E-state index >= 15 is 0 Å². The van der Waals surface area contributed by atoms with Gasteiger partial charge in [-0.1, -0.05) is 6.07 Å². The predicted molar refractivity (Wildman–Crippen MR) is 67.3 cm³/mol. The Balaban J connectivity index is 2.10. The van der Waals surface area contributed by atoms with Crippen molar-refractivity contribution in [1.82, 2.24) is 4.98 Å². The van der Waals surface area contributed by atoms with Crippen LogP contribution < -0.4 is 0 Å². The number of aryl methyl sites for hydroxylation is 2. The molecule has 0 aromatic carbocycles. The van der Waals surface area contributed by atoms with E-state index in [2.05, 4.69) is 6.07 Å². The van der Waals surface area contributed by atoms with Crippen LogP contribution in [0.3, 0.4) is 0 Å². The Morgan fingerprint density at radius 1 is 0.938 bits per heavy atom. The Kier molecular flexibility index (Phi) is 2.85. The van der Waals surface area contributed by atoms with Crippen molar-refractivity contribution in [3.8, 4) is 0 Å². The zero-order valence-corrected chi connectivity index (χ0v) is 10.7. The molecule has 0 spiro atoms. The summed E-state index contributed by atoms with van der Waals surface area (Å²) < 4.78 is 0. The van der Waals surface area contributed by atoms with E-state index in [1.807, 2.05) is 0 Å². The lowest BCUT2D eigenvalue weighted by atomic mass is 9.89. The van der Waals surface area contributed by atoms with Crippen LogP contribution >= 0.6 is 23.2 Å². The lowest BCUT2D eigenvalue weighted by Crippen LogP contribution is -2.15. The zero-order chi connectivity index (χ0) is 11.1. The van der Waals surface area contributed by atoms with E-state index in [0.717, 1.165) is 37.1 Å². The molecule has 1 heterocycles. The molecule has 2 aliphatic rings. The van der Waals surface area contributed by atoms with Crippen molar-refractivity contribution in [2.24, 2.45) is 0 Å². The molecule has 2 aliphatic carbocycles. The lowest BCUT2D eigenvalue weighted by molar-refractivity contribution is 0.609. The van der Waals surface area contributed by atoms with Crippen molar-refractivity contribution in [2.45, 2.75) is 49.3 Å². The minimum Gasteiger partial charge on any atom is -0.254 e. The molecule has 3 heteroatoms. The highest BCUT2D eigenvalue weighted by Gasteiger charge is 2.26. The van der Waals surface area contributed by atoms with Crippen molar-refractivity contribution >= 4 is 23.2 Å². The molecule has 0 N–H and O–H groups in total. The number of rotatable bonds is 0.